The van der Waals surface area contributed by atoms with E-state index >= 15 is 0 Å². The first-order valence-corrected chi connectivity index (χ1v) is 7.51. The standard InChI is InChI=1S/C10H21NO3S2/c1-10(2,3)14-9(12)11-8(7-15)5-6-16(4)13/h8,15H,5-7H2,1-4H3,(H,11,12)/t8-,16?/m0/s1. The number of alkyl carbamates (subject to hydrolysis) is 1. The fourth-order valence-electron chi connectivity index (χ4n) is 0.992. The summed E-state index contributed by atoms with van der Waals surface area (Å²) in [4.78, 5) is 11.4. The fourth-order valence-corrected chi connectivity index (χ4v) is 1.88. The number of thiol groups is 1. The summed E-state index contributed by atoms with van der Waals surface area (Å²) in [5.41, 5.74) is -0.501. The predicted octanol–water partition coefficient (Wildman–Crippen LogP) is 1.58. The molecule has 0 heterocycles. The van der Waals surface area contributed by atoms with E-state index < -0.39 is 22.5 Å². The Bertz CT molecular complexity index is 251. The molecule has 0 aromatic heterocycles. The summed E-state index contributed by atoms with van der Waals surface area (Å²) in [5, 5.41) is 2.71. The molecule has 6 heteroatoms. The third-order valence-electron chi connectivity index (χ3n) is 1.70. The zero-order valence-corrected chi connectivity index (χ0v) is 12.0. The van der Waals surface area contributed by atoms with Gasteiger partial charge in [-0.1, -0.05) is 0 Å². The number of hydrogen-bond acceptors (Lipinski definition) is 4. The van der Waals surface area contributed by atoms with Gasteiger partial charge in [-0.3, -0.25) is 4.21 Å². The second kappa shape index (κ2) is 7.17. The predicted molar refractivity (Wildman–Crippen MR) is 70.6 cm³/mol. The van der Waals surface area contributed by atoms with Crippen LogP contribution in [0.25, 0.3) is 0 Å². The van der Waals surface area contributed by atoms with Gasteiger partial charge < -0.3 is 10.1 Å². The van der Waals surface area contributed by atoms with Gasteiger partial charge >= 0.3 is 6.09 Å². The Hall–Kier alpha value is -0.230. The van der Waals surface area contributed by atoms with E-state index in [2.05, 4.69) is 17.9 Å². The fraction of sp³-hybridized carbons (Fsp3) is 0.900. The largest absolute Gasteiger partial charge is 0.444 e. The number of nitrogens with one attached hydrogen (secondary N) is 1. The van der Waals surface area contributed by atoms with Gasteiger partial charge in [0.05, 0.1) is 0 Å². The number of ether oxygens (including phenoxy) is 1. The van der Waals surface area contributed by atoms with Crippen molar-refractivity contribution < 1.29 is 13.7 Å². The van der Waals surface area contributed by atoms with Gasteiger partial charge in [-0.25, -0.2) is 4.79 Å². The van der Waals surface area contributed by atoms with Gasteiger partial charge in [-0.2, -0.15) is 12.6 Å². The lowest BCUT2D eigenvalue weighted by molar-refractivity contribution is 0.0509. The van der Waals surface area contributed by atoms with Crippen LogP contribution in [0.3, 0.4) is 0 Å². The first kappa shape index (κ1) is 15.8. The molecule has 1 N–H and O–H groups in total. The molecule has 0 aromatic carbocycles. The molecule has 1 unspecified atom stereocenters. The van der Waals surface area contributed by atoms with Gasteiger partial charge in [-0.15, -0.1) is 0 Å². The Morgan fingerprint density at radius 2 is 2.06 bits per heavy atom. The molecule has 0 aliphatic carbocycles. The van der Waals surface area contributed by atoms with E-state index in [1.807, 2.05) is 20.8 Å². The lowest BCUT2D eigenvalue weighted by Gasteiger charge is -2.22. The van der Waals surface area contributed by atoms with Crippen molar-refractivity contribution in [2.45, 2.75) is 38.8 Å². The second-order valence-electron chi connectivity index (χ2n) is 4.59. The van der Waals surface area contributed by atoms with Crippen LogP contribution in [0, 0.1) is 0 Å². The monoisotopic (exact) mass is 267 g/mol. The maximum Gasteiger partial charge on any atom is 0.407 e. The van der Waals surface area contributed by atoms with E-state index in [1.165, 1.54) is 0 Å². The number of hydrogen-bond donors (Lipinski definition) is 2. The van der Waals surface area contributed by atoms with Crippen molar-refractivity contribution in [1.82, 2.24) is 5.32 Å². The van der Waals surface area contributed by atoms with Crippen molar-refractivity contribution in [2.24, 2.45) is 0 Å². The van der Waals surface area contributed by atoms with Crippen LogP contribution in [0.5, 0.6) is 0 Å². The highest BCUT2D eigenvalue weighted by molar-refractivity contribution is 7.84. The SMILES string of the molecule is CS(=O)CC[C@@H](CS)NC(=O)OC(C)(C)C. The van der Waals surface area contributed by atoms with Gasteiger partial charge in [0.15, 0.2) is 0 Å². The Balaban J connectivity index is 4.02. The zero-order valence-electron chi connectivity index (χ0n) is 10.3. The minimum Gasteiger partial charge on any atom is -0.444 e. The molecule has 0 aliphatic heterocycles. The molecule has 16 heavy (non-hydrogen) atoms. The molecule has 0 fully saturated rings. The molecule has 0 saturated heterocycles. The van der Waals surface area contributed by atoms with Crippen LogP contribution in [-0.2, 0) is 15.5 Å². The highest BCUT2D eigenvalue weighted by Gasteiger charge is 2.18. The normalized spacial score (nSPS) is 15.3. The third kappa shape index (κ3) is 9.03. The average molecular weight is 267 g/mol. The van der Waals surface area contributed by atoms with E-state index in [1.54, 1.807) is 6.26 Å². The molecular formula is C10H21NO3S2. The molecule has 0 bridgehead atoms. The van der Waals surface area contributed by atoms with Crippen molar-refractivity contribution in [3.05, 3.63) is 0 Å². The Kier molecular flexibility index (Phi) is 7.06. The molecule has 2 atom stereocenters. The number of amides is 1. The van der Waals surface area contributed by atoms with Gasteiger partial charge in [0.25, 0.3) is 0 Å². The van der Waals surface area contributed by atoms with Crippen molar-refractivity contribution in [2.75, 3.05) is 17.8 Å². The summed E-state index contributed by atoms with van der Waals surface area (Å²) in [6.45, 7) is 5.43. The Morgan fingerprint density at radius 3 is 2.44 bits per heavy atom. The van der Waals surface area contributed by atoms with E-state index in [-0.39, 0.29) is 6.04 Å². The highest BCUT2D eigenvalue weighted by Crippen LogP contribution is 2.07. The molecule has 4 nitrogen and oxygen atoms in total. The first-order chi connectivity index (χ1) is 7.24. The van der Waals surface area contributed by atoms with Gasteiger partial charge in [0, 0.05) is 34.6 Å². The minimum absolute atomic E-state index is 0.0953. The van der Waals surface area contributed by atoms with Crippen LogP contribution in [0.15, 0.2) is 0 Å². The quantitative estimate of drug-likeness (QED) is 0.744. The maximum absolute atomic E-state index is 11.4. The number of carbonyl (C=O) groups is 1. The number of rotatable bonds is 5. The average Bonchev–Trinajstić information content (AvgIpc) is 2.08. The van der Waals surface area contributed by atoms with Crippen molar-refractivity contribution in [3.63, 3.8) is 0 Å². The summed E-state index contributed by atoms with van der Waals surface area (Å²) in [6, 6.07) is -0.0953. The first-order valence-electron chi connectivity index (χ1n) is 5.15. The van der Waals surface area contributed by atoms with Gasteiger partial charge in [0.2, 0.25) is 0 Å². The Morgan fingerprint density at radius 1 is 1.50 bits per heavy atom. The minimum atomic E-state index is -0.848. The molecule has 0 aliphatic rings. The van der Waals surface area contributed by atoms with Crippen LogP contribution in [0.2, 0.25) is 0 Å². The summed E-state index contributed by atoms with van der Waals surface area (Å²) in [5.74, 6) is 1.07. The topological polar surface area (TPSA) is 55.4 Å². The number of carbonyl (C=O) groups excluding carboxylic acids is 1. The second-order valence-corrected chi connectivity index (χ2v) is 6.51. The molecule has 0 rings (SSSR count). The van der Waals surface area contributed by atoms with E-state index in [0.29, 0.717) is 17.9 Å². The molecule has 0 spiro atoms. The van der Waals surface area contributed by atoms with Crippen LogP contribution in [0.4, 0.5) is 4.79 Å². The molecule has 0 aromatic rings. The van der Waals surface area contributed by atoms with Crippen LogP contribution in [0.1, 0.15) is 27.2 Å². The summed E-state index contributed by atoms with van der Waals surface area (Å²) in [7, 11) is -0.848. The Labute approximate surface area is 105 Å². The molecule has 96 valence electrons. The highest BCUT2D eigenvalue weighted by atomic mass is 32.2. The maximum atomic E-state index is 11.4. The molecular weight excluding hydrogens is 246 g/mol. The summed E-state index contributed by atoms with van der Waals surface area (Å²) < 4.78 is 16.0. The van der Waals surface area contributed by atoms with Crippen molar-refractivity contribution in [3.8, 4) is 0 Å². The van der Waals surface area contributed by atoms with Crippen LogP contribution < -0.4 is 5.32 Å². The van der Waals surface area contributed by atoms with E-state index in [9.17, 15) is 9.00 Å². The van der Waals surface area contributed by atoms with Crippen molar-refractivity contribution >= 4 is 29.5 Å². The molecule has 1 amide bonds. The van der Waals surface area contributed by atoms with Crippen LogP contribution >= 0.6 is 12.6 Å². The summed E-state index contributed by atoms with van der Waals surface area (Å²) in [6.07, 6.45) is 1.84. The molecule has 0 radical (unpaired) electrons. The van der Waals surface area contributed by atoms with E-state index in [0.717, 1.165) is 0 Å². The lowest BCUT2D eigenvalue weighted by Crippen LogP contribution is -2.40. The van der Waals surface area contributed by atoms with Crippen LogP contribution in [-0.4, -0.2) is 39.7 Å². The van der Waals surface area contributed by atoms with E-state index in [4.69, 9.17) is 4.74 Å². The molecule has 0 saturated carbocycles. The van der Waals surface area contributed by atoms with Gasteiger partial charge in [-0.05, 0) is 27.2 Å². The smallest absolute Gasteiger partial charge is 0.407 e. The van der Waals surface area contributed by atoms with Gasteiger partial charge in [0.1, 0.15) is 5.60 Å². The summed E-state index contributed by atoms with van der Waals surface area (Å²) >= 11 is 4.13. The zero-order chi connectivity index (χ0) is 12.8. The van der Waals surface area contributed by atoms with Crippen molar-refractivity contribution in [1.29, 1.82) is 0 Å². The lowest BCUT2D eigenvalue weighted by atomic mass is 10.2. The third-order valence-corrected chi connectivity index (χ3v) is 2.95.